The Morgan fingerprint density at radius 3 is 2.78 bits per heavy atom. The SMILES string of the molecule is CCc1[c-]cncc1.[Y]. The van der Waals surface area contributed by atoms with Gasteiger partial charge in [0.2, 0.25) is 0 Å². The van der Waals surface area contributed by atoms with Gasteiger partial charge in [-0.3, -0.25) is 0 Å². The number of rotatable bonds is 1. The van der Waals surface area contributed by atoms with Crippen LogP contribution >= 0.6 is 0 Å². The maximum atomic E-state index is 3.84. The van der Waals surface area contributed by atoms with Gasteiger partial charge in [0.05, 0.1) is 0 Å². The first-order chi connectivity index (χ1) is 3.93. The maximum absolute atomic E-state index is 3.84. The zero-order valence-electron chi connectivity index (χ0n) is 5.46. The van der Waals surface area contributed by atoms with E-state index < -0.39 is 0 Å². The van der Waals surface area contributed by atoms with E-state index in [4.69, 9.17) is 0 Å². The van der Waals surface area contributed by atoms with Crippen molar-refractivity contribution in [1.29, 1.82) is 0 Å². The van der Waals surface area contributed by atoms with Gasteiger partial charge in [-0.2, -0.15) is 6.07 Å². The number of hydrogen-bond donors (Lipinski definition) is 0. The molecule has 1 aromatic rings. The van der Waals surface area contributed by atoms with E-state index >= 15 is 0 Å². The van der Waals surface area contributed by atoms with E-state index in [1.807, 2.05) is 6.07 Å². The predicted octanol–water partition coefficient (Wildman–Crippen LogP) is 1.44. The first-order valence-corrected chi connectivity index (χ1v) is 2.74. The molecule has 45 valence electrons. The van der Waals surface area contributed by atoms with E-state index in [1.165, 1.54) is 5.56 Å². The van der Waals surface area contributed by atoms with Crippen LogP contribution in [-0.2, 0) is 39.1 Å². The molecule has 1 heterocycles. The van der Waals surface area contributed by atoms with E-state index in [9.17, 15) is 0 Å². The summed E-state index contributed by atoms with van der Waals surface area (Å²) in [6.07, 6.45) is 4.52. The van der Waals surface area contributed by atoms with Crippen molar-refractivity contribution in [1.82, 2.24) is 4.98 Å². The minimum Gasteiger partial charge on any atom is -0.304 e. The molecule has 0 spiro atoms. The van der Waals surface area contributed by atoms with Gasteiger partial charge in [0.15, 0.2) is 0 Å². The molecule has 0 atom stereocenters. The summed E-state index contributed by atoms with van der Waals surface area (Å²) in [6.45, 7) is 2.10. The van der Waals surface area contributed by atoms with Crippen LogP contribution in [0.4, 0.5) is 0 Å². The Hall–Kier alpha value is 0.254. The van der Waals surface area contributed by atoms with Gasteiger partial charge in [-0.15, -0.1) is 0 Å². The summed E-state index contributed by atoms with van der Waals surface area (Å²) in [5.41, 5.74) is 1.22. The van der Waals surface area contributed by atoms with Crippen LogP contribution in [0.15, 0.2) is 18.5 Å². The van der Waals surface area contributed by atoms with Crippen LogP contribution in [0.5, 0.6) is 0 Å². The molecule has 0 aromatic carbocycles. The van der Waals surface area contributed by atoms with Gasteiger partial charge in [0, 0.05) is 32.7 Å². The molecular weight excluding hydrogens is 187 g/mol. The molecule has 0 saturated carbocycles. The summed E-state index contributed by atoms with van der Waals surface area (Å²) >= 11 is 0. The monoisotopic (exact) mass is 195 g/mol. The Bertz CT molecular complexity index is 150. The van der Waals surface area contributed by atoms with Crippen molar-refractivity contribution in [2.24, 2.45) is 0 Å². The molecule has 0 N–H and O–H groups in total. The Morgan fingerprint density at radius 1 is 1.67 bits per heavy atom. The molecule has 0 aliphatic carbocycles. The summed E-state index contributed by atoms with van der Waals surface area (Å²) in [6, 6.07) is 4.98. The second-order valence-electron chi connectivity index (χ2n) is 1.62. The number of aryl methyl sites for hydroxylation is 1. The summed E-state index contributed by atoms with van der Waals surface area (Å²) in [5.74, 6) is 0. The molecule has 0 aliphatic rings. The average Bonchev–Trinajstić information content (AvgIpc) is 1.90. The number of hydrogen-bond acceptors (Lipinski definition) is 1. The Labute approximate surface area is 80.8 Å². The fourth-order valence-corrected chi connectivity index (χ4v) is 0.564. The van der Waals surface area contributed by atoms with Crippen molar-refractivity contribution >= 4 is 0 Å². The molecule has 0 unspecified atom stereocenters. The molecule has 0 amide bonds. The van der Waals surface area contributed by atoms with E-state index in [0.717, 1.165) is 6.42 Å². The topological polar surface area (TPSA) is 12.9 Å². The zero-order chi connectivity index (χ0) is 5.82. The van der Waals surface area contributed by atoms with Crippen molar-refractivity contribution in [3.05, 3.63) is 30.1 Å². The second kappa shape index (κ2) is 5.07. The van der Waals surface area contributed by atoms with Gasteiger partial charge < -0.3 is 4.98 Å². The van der Waals surface area contributed by atoms with Crippen molar-refractivity contribution in [3.63, 3.8) is 0 Å². The molecule has 2 heteroatoms. The number of nitrogens with zero attached hydrogens (tertiary/aromatic N) is 1. The molecule has 1 rings (SSSR count). The standard InChI is InChI=1S/C7H8N.Y/c1-2-7-3-5-8-6-4-7;/h3,5-6H,2H2,1H3;/q-1;. The molecule has 0 bridgehead atoms. The zero-order valence-corrected chi connectivity index (χ0v) is 8.30. The van der Waals surface area contributed by atoms with Crippen LogP contribution in [0.1, 0.15) is 12.5 Å². The Balaban J connectivity index is 0.000000640. The van der Waals surface area contributed by atoms with Crippen molar-refractivity contribution in [2.45, 2.75) is 13.3 Å². The smallest absolute Gasteiger partial charge is 0 e. The quantitative estimate of drug-likeness (QED) is 0.618. The number of pyridine rings is 1. The van der Waals surface area contributed by atoms with Crippen LogP contribution in [-0.4, -0.2) is 4.98 Å². The second-order valence-corrected chi connectivity index (χ2v) is 1.62. The minimum absolute atomic E-state index is 0. The number of aromatic nitrogens is 1. The third kappa shape index (κ3) is 3.07. The van der Waals surface area contributed by atoms with Crippen LogP contribution in [0.25, 0.3) is 0 Å². The van der Waals surface area contributed by atoms with Crippen LogP contribution in [0, 0.1) is 6.07 Å². The first kappa shape index (κ1) is 9.25. The molecule has 9 heavy (non-hydrogen) atoms. The molecule has 0 aliphatic heterocycles. The van der Waals surface area contributed by atoms with Gasteiger partial charge in [0.1, 0.15) is 0 Å². The fourth-order valence-electron chi connectivity index (χ4n) is 0.564. The first-order valence-electron chi connectivity index (χ1n) is 2.74. The van der Waals surface area contributed by atoms with Crippen molar-refractivity contribution in [2.75, 3.05) is 0 Å². The van der Waals surface area contributed by atoms with E-state index in [2.05, 4.69) is 18.0 Å². The Morgan fingerprint density at radius 2 is 2.44 bits per heavy atom. The van der Waals surface area contributed by atoms with E-state index in [1.54, 1.807) is 12.4 Å². The fraction of sp³-hybridized carbons (Fsp3) is 0.286. The molecule has 1 nitrogen and oxygen atoms in total. The van der Waals surface area contributed by atoms with E-state index in [-0.39, 0.29) is 32.7 Å². The molecule has 1 radical (unpaired) electrons. The van der Waals surface area contributed by atoms with Gasteiger partial charge in [0.25, 0.3) is 0 Å². The van der Waals surface area contributed by atoms with E-state index in [0.29, 0.717) is 0 Å². The van der Waals surface area contributed by atoms with Crippen LogP contribution < -0.4 is 0 Å². The summed E-state index contributed by atoms with van der Waals surface area (Å²) in [5, 5.41) is 0. The van der Waals surface area contributed by atoms with Gasteiger partial charge >= 0.3 is 0 Å². The average molecular weight is 195 g/mol. The normalized spacial score (nSPS) is 8.11. The van der Waals surface area contributed by atoms with Gasteiger partial charge in [-0.1, -0.05) is 25.7 Å². The molecular formula is C7H8NY-. The summed E-state index contributed by atoms with van der Waals surface area (Å²) in [4.78, 5) is 3.84. The van der Waals surface area contributed by atoms with Gasteiger partial charge in [-0.25, -0.2) is 11.6 Å². The largest absolute Gasteiger partial charge is 0.304 e. The third-order valence-corrected chi connectivity index (χ3v) is 1.07. The maximum Gasteiger partial charge on any atom is 0 e. The molecule has 0 saturated heterocycles. The van der Waals surface area contributed by atoms with Crippen LogP contribution in [0.3, 0.4) is 0 Å². The third-order valence-electron chi connectivity index (χ3n) is 1.07. The van der Waals surface area contributed by atoms with Crippen molar-refractivity contribution < 1.29 is 32.7 Å². The van der Waals surface area contributed by atoms with Gasteiger partial charge in [-0.05, 0) is 0 Å². The molecule has 1 aromatic heterocycles. The molecule has 0 fully saturated rings. The summed E-state index contributed by atoms with van der Waals surface area (Å²) in [7, 11) is 0. The Kier molecular flexibility index (Phi) is 5.21. The van der Waals surface area contributed by atoms with Crippen molar-refractivity contribution in [3.8, 4) is 0 Å². The predicted molar refractivity (Wildman–Crippen MR) is 32.5 cm³/mol. The summed E-state index contributed by atoms with van der Waals surface area (Å²) < 4.78 is 0. The van der Waals surface area contributed by atoms with Crippen LogP contribution in [0.2, 0.25) is 0 Å². The minimum atomic E-state index is 0.